The summed E-state index contributed by atoms with van der Waals surface area (Å²) < 4.78 is 10.1. The van der Waals surface area contributed by atoms with Crippen LogP contribution in [0.4, 0.5) is 0 Å². The number of aliphatic hydroxyl groups excluding tert-OH is 1. The van der Waals surface area contributed by atoms with Gasteiger partial charge in [0.15, 0.2) is 0 Å². The van der Waals surface area contributed by atoms with Gasteiger partial charge in [-0.1, -0.05) is 18.2 Å². The molecule has 0 amide bonds. The van der Waals surface area contributed by atoms with Crippen molar-refractivity contribution in [2.45, 2.75) is 18.9 Å². The van der Waals surface area contributed by atoms with E-state index in [0.717, 1.165) is 24.4 Å². The summed E-state index contributed by atoms with van der Waals surface area (Å²) in [7, 11) is 0. The van der Waals surface area contributed by atoms with Crippen molar-refractivity contribution in [3.8, 4) is 0 Å². The zero-order valence-electron chi connectivity index (χ0n) is 11.4. The maximum absolute atomic E-state index is 11.7. The van der Waals surface area contributed by atoms with Crippen LogP contribution in [-0.4, -0.2) is 47.0 Å². The van der Waals surface area contributed by atoms with E-state index in [1.807, 2.05) is 11.1 Å². The highest BCUT2D eigenvalue weighted by molar-refractivity contribution is 5.89. The summed E-state index contributed by atoms with van der Waals surface area (Å²) in [6.07, 6.45) is 1.90. The first-order valence-electron chi connectivity index (χ1n) is 6.80. The number of rotatable bonds is 6. The summed E-state index contributed by atoms with van der Waals surface area (Å²) in [6.45, 7) is 0.605. The van der Waals surface area contributed by atoms with Gasteiger partial charge >= 0.3 is 5.97 Å². The van der Waals surface area contributed by atoms with E-state index in [9.17, 15) is 9.90 Å². The average molecular weight is 295 g/mol. The van der Waals surface area contributed by atoms with E-state index in [2.05, 4.69) is 0 Å². The van der Waals surface area contributed by atoms with Gasteiger partial charge in [0.1, 0.15) is 5.02 Å². The Kier molecular flexibility index (Phi) is 3.87. The van der Waals surface area contributed by atoms with Crippen molar-refractivity contribution in [3.05, 3.63) is 35.9 Å². The zero-order chi connectivity index (χ0) is 14.7. The number of aliphatic hydroxyl groups is 1. The highest BCUT2D eigenvalue weighted by Gasteiger charge is 2.31. The number of ether oxygens (including phenoxy) is 1. The Labute approximate surface area is 120 Å². The molecule has 0 bridgehead atoms. The van der Waals surface area contributed by atoms with Crippen molar-refractivity contribution in [1.82, 2.24) is 9.98 Å². The highest BCUT2D eigenvalue weighted by atomic mass is 17.0. The fourth-order valence-electron chi connectivity index (χ4n) is 2.27. The van der Waals surface area contributed by atoms with Crippen LogP contribution in [0.1, 0.15) is 23.2 Å². The molecule has 1 fully saturated rings. The van der Waals surface area contributed by atoms with Crippen molar-refractivity contribution < 1.29 is 24.1 Å². The average Bonchev–Trinajstić information content (AvgIpc) is 3.13. The molecule has 1 aliphatic heterocycles. The summed E-state index contributed by atoms with van der Waals surface area (Å²) in [6, 6.07) is 8.70. The van der Waals surface area contributed by atoms with E-state index < -0.39 is 5.97 Å². The Morgan fingerprint density at radius 1 is 1.38 bits per heavy atom. The van der Waals surface area contributed by atoms with Crippen molar-refractivity contribution in [2.75, 3.05) is 25.0 Å². The number of benzene rings is 1. The molecule has 1 aromatic heterocycles. The van der Waals surface area contributed by atoms with E-state index in [4.69, 9.17) is 14.2 Å². The second kappa shape index (κ2) is 5.96. The van der Waals surface area contributed by atoms with Crippen LogP contribution in [0.2, 0.25) is 0 Å². The number of carbonyl (C=O) groups is 1. The number of carbonyl (C=O) groups excluding carboxylic acids is 1. The molecule has 2 heterocycles. The molecule has 1 unspecified atom stereocenters. The molecule has 8 nitrogen and oxygen atoms in total. The van der Waals surface area contributed by atoms with Gasteiger partial charge in [-0.2, -0.15) is 4.63 Å². The third kappa shape index (κ3) is 3.05. The van der Waals surface area contributed by atoms with Gasteiger partial charge in [0, 0.05) is 6.54 Å². The fraction of sp³-hybridized carbons (Fsp3) is 0.462. The lowest BCUT2D eigenvalue weighted by atomic mass is 10.2. The van der Waals surface area contributed by atoms with Gasteiger partial charge in [0.05, 0.1) is 23.2 Å². The number of aromatic nitrogens is 2. The molecule has 0 saturated carbocycles. The molecular weight excluding hydrogens is 278 g/mol. The predicted molar refractivity (Wildman–Crippen MR) is 71.2 cm³/mol. The molecule has 0 radical (unpaired) electrons. The fourth-order valence-corrected chi connectivity index (χ4v) is 2.27. The molecule has 1 N–H and O–H groups in total. The van der Waals surface area contributed by atoms with Gasteiger partial charge in [0.2, 0.25) is 0 Å². The Hall–Kier alpha value is -2.35. The van der Waals surface area contributed by atoms with Gasteiger partial charge in [-0.05, 0) is 25.0 Å². The third-order valence-corrected chi connectivity index (χ3v) is 3.40. The number of esters is 1. The van der Waals surface area contributed by atoms with Crippen molar-refractivity contribution in [3.63, 3.8) is 0 Å². The molecule has 8 heteroatoms. The maximum atomic E-state index is 11.7. The summed E-state index contributed by atoms with van der Waals surface area (Å²) in [4.78, 5) is 18.2. The third-order valence-electron chi connectivity index (χ3n) is 3.40. The van der Waals surface area contributed by atoms with Crippen LogP contribution in [-0.2, 0) is 4.74 Å². The molecule has 114 valence electrons. The molecule has 2 aromatic rings. The van der Waals surface area contributed by atoms with Crippen LogP contribution in [0.5, 0.6) is 0 Å². The van der Waals surface area contributed by atoms with Crippen molar-refractivity contribution >= 4 is 5.97 Å². The Morgan fingerprint density at radius 3 is 2.95 bits per heavy atom. The smallest absolute Gasteiger partial charge is 0.341 e. The quantitative estimate of drug-likeness (QED) is 0.606. The molecule has 0 spiro atoms. The zero-order valence-corrected chi connectivity index (χ0v) is 11.4. The van der Waals surface area contributed by atoms with E-state index in [1.54, 1.807) is 24.3 Å². The summed E-state index contributed by atoms with van der Waals surface area (Å²) in [5.74, 6) is -0.460. The van der Waals surface area contributed by atoms with Gasteiger partial charge in [-0.15, -0.1) is 0 Å². The lowest BCUT2D eigenvalue weighted by molar-refractivity contribution is -0.0605. The van der Waals surface area contributed by atoms with Crippen LogP contribution in [0.25, 0.3) is 0 Å². The molecule has 1 aromatic carbocycles. The van der Waals surface area contributed by atoms with E-state index in [1.165, 1.54) is 4.96 Å². The largest absolute Gasteiger partial charge is 0.422 e. The minimum absolute atomic E-state index is 0.0328. The molecule has 1 saturated heterocycles. The van der Waals surface area contributed by atoms with Crippen molar-refractivity contribution in [2.24, 2.45) is 0 Å². The first-order chi connectivity index (χ1) is 10.3. The summed E-state index contributed by atoms with van der Waals surface area (Å²) in [5, 5.41) is 12.2. The topological polar surface area (TPSA) is 82.0 Å². The number of hydrogen-bond donors (Lipinski definition) is 1. The maximum Gasteiger partial charge on any atom is 0.341 e. The number of nitrogens with zero attached hydrogens (tertiary/aromatic N) is 3. The van der Waals surface area contributed by atoms with Gasteiger partial charge in [-0.25, -0.2) is 4.79 Å². The second-order valence-corrected chi connectivity index (χ2v) is 4.76. The Balaban J connectivity index is 1.44. The summed E-state index contributed by atoms with van der Waals surface area (Å²) >= 11 is 0. The molecule has 1 aliphatic rings. The van der Waals surface area contributed by atoms with E-state index in [-0.39, 0.29) is 19.4 Å². The van der Waals surface area contributed by atoms with Crippen molar-refractivity contribution in [1.29, 1.82) is 0 Å². The molecule has 3 rings (SSSR count). The molecule has 21 heavy (non-hydrogen) atoms. The molecule has 1 atom stereocenters. The lowest BCUT2D eigenvalue weighted by Crippen LogP contribution is -2.39. The van der Waals surface area contributed by atoms with Crippen LogP contribution in [0, 0.1) is 0 Å². The monoisotopic (exact) mass is 295 g/mol. The van der Waals surface area contributed by atoms with Crippen LogP contribution < -0.4 is 9.85 Å². The summed E-state index contributed by atoms with van der Waals surface area (Å²) in [5.41, 5.74) is 0.463. The van der Waals surface area contributed by atoms with Crippen LogP contribution in [0.15, 0.2) is 35.0 Å². The van der Waals surface area contributed by atoms with E-state index in [0.29, 0.717) is 5.56 Å². The standard InChI is InChI=1S/C13H17N3O5/c17-9-12-7-4-8-14(12)15-16(21-15)20-10-19-13(18)11-5-2-1-3-6-11/h1-3,5-6,12,17H,4,7-10H2. The minimum atomic E-state index is -0.460. The Morgan fingerprint density at radius 2 is 2.19 bits per heavy atom. The molecular formula is C13H17N3O5. The molecule has 0 aliphatic carbocycles. The first kappa shape index (κ1) is 13.6. The van der Waals surface area contributed by atoms with Gasteiger partial charge in [-0.3, -0.25) is 5.01 Å². The SMILES string of the molecule is O=C(OCOn1on1N1CCCC1CO)c1ccccc1. The normalized spacial score (nSPS) is 18.1. The Bertz CT molecular complexity index is 573. The minimum Gasteiger partial charge on any atom is -0.422 e. The predicted octanol–water partition coefficient (Wildman–Crippen LogP) is 0.218. The number of hydrogen-bond acceptors (Lipinski definition) is 6. The van der Waals surface area contributed by atoms with Crippen LogP contribution in [0.3, 0.4) is 0 Å². The highest BCUT2D eigenvalue weighted by Crippen LogP contribution is 2.16. The second-order valence-electron chi connectivity index (χ2n) is 4.76. The lowest BCUT2D eigenvalue weighted by Gasteiger charge is -2.16. The van der Waals surface area contributed by atoms with E-state index >= 15 is 0 Å². The van der Waals surface area contributed by atoms with Gasteiger partial charge in [0.25, 0.3) is 6.79 Å². The van der Waals surface area contributed by atoms with Crippen LogP contribution >= 0.6 is 0 Å². The first-order valence-corrected chi connectivity index (χ1v) is 6.80. The van der Waals surface area contributed by atoms with Gasteiger partial charge < -0.3 is 14.7 Å².